The van der Waals surface area contributed by atoms with E-state index in [1.807, 2.05) is 42.2 Å². The Morgan fingerprint density at radius 2 is 1.93 bits per heavy atom. The highest BCUT2D eigenvalue weighted by atomic mass is 32.2. The molecule has 0 bridgehead atoms. The van der Waals surface area contributed by atoms with E-state index in [2.05, 4.69) is 45.8 Å². The van der Waals surface area contributed by atoms with Crippen molar-refractivity contribution in [2.45, 2.75) is 24.3 Å². The lowest BCUT2D eigenvalue weighted by Crippen LogP contribution is -2.30. The molecule has 0 spiro atoms. The molecule has 1 N–H and O–H groups in total. The topological polar surface area (TPSA) is 53.7 Å². The van der Waals surface area contributed by atoms with E-state index in [0.717, 1.165) is 23.1 Å². The first kappa shape index (κ1) is 16.4. The van der Waals surface area contributed by atoms with Gasteiger partial charge in [-0.2, -0.15) is 0 Å². The molecule has 2 aliphatic rings. The van der Waals surface area contributed by atoms with Crippen LogP contribution in [0.4, 0.5) is 0 Å². The normalized spacial score (nSPS) is 24.1. The maximum absolute atomic E-state index is 9.63. The van der Waals surface area contributed by atoms with Gasteiger partial charge < -0.3 is 14.6 Å². The van der Waals surface area contributed by atoms with Gasteiger partial charge in [-0.25, -0.2) is 0 Å². The average molecular weight is 376 g/mol. The van der Waals surface area contributed by atoms with E-state index >= 15 is 0 Å². The fraction of sp³-hybridized carbons (Fsp3) is 0.238. The van der Waals surface area contributed by atoms with Crippen molar-refractivity contribution in [2.24, 2.45) is 4.99 Å². The van der Waals surface area contributed by atoms with Crippen LogP contribution in [0.2, 0.25) is 0 Å². The number of phenolic OH excluding ortho intramolecular Hbond substituents is 1. The largest absolute Gasteiger partial charge is 0.508 e. The summed E-state index contributed by atoms with van der Waals surface area (Å²) in [6.07, 6.45) is 3.91. The van der Waals surface area contributed by atoms with Crippen molar-refractivity contribution in [3.63, 3.8) is 0 Å². The molecule has 3 atom stereocenters. The zero-order chi connectivity index (χ0) is 18.4. The fourth-order valence-corrected chi connectivity index (χ4v) is 5.01. The minimum Gasteiger partial charge on any atom is -0.508 e. The number of hydrogen-bond acceptors (Lipinski definition) is 5. The summed E-state index contributed by atoms with van der Waals surface area (Å²) >= 11 is 1.85. The highest BCUT2D eigenvalue weighted by Gasteiger charge is 2.44. The molecule has 1 aromatic carbocycles. The van der Waals surface area contributed by atoms with E-state index in [4.69, 9.17) is 4.99 Å². The molecular formula is C21H20N4OS. The first-order valence-electron chi connectivity index (χ1n) is 9.09. The minimum absolute atomic E-state index is 0.0213. The smallest absolute Gasteiger partial charge is 0.160 e. The molecule has 6 heteroatoms. The molecule has 3 aromatic rings. The number of aromatic nitrogens is 2. The van der Waals surface area contributed by atoms with E-state index in [0.29, 0.717) is 5.25 Å². The Kier molecular flexibility index (Phi) is 3.93. The van der Waals surface area contributed by atoms with Crippen LogP contribution in [0.5, 0.6) is 5.75 Å². The molecule has 0 unspecified atom stereocenters. The third kappa shape index (κ3) is 2.80. The Labute approximate surface area is 162 Å². The van der Waals surface area contributed by atoms with E-state index in [1.165, 1.54) is 5.69 Å². The van der Waals surface area contributed by atoms with Crippen molar-refractivity contribution in [1.82, 2.24) is 14.5 Å². The predicted octanol–water partition coefficient (Wildman–Crippen LogP) is 4.17. The average Bonchev–Trinajstić information content (AvgIpc) is 3.37. The van der Waals surface area contributed by atoms with Gasteiger partial charge in [0.25, 0.3) is 0 Å². The molecular weight excluding hydrogens is 356 g/mol. The van der Waals surface area contributed by atoms with Gasteiger partial charge in [-0.3, -0.25) is 9.98 Å². The second kappa shape index (κ2) is 6.46. The number of benzene rings is 1. The summed E-state index contributed by atoms with van der Waals surface area (Å²) in [6.45, 7) is 3.23. The third-order valence-corrected chi connectivity index (χ3v) is 6.19. The Balaban J connectivity index is 1.60. The number of fused-ring (bicyclic) bond motifs is 1. The summed E-state index contributed by atoms with van der Waals surface area (Å²) in [6, 6.07) is 17.7. The standard InChI is InChI=1S/C21H20N4OS/c1-14-13-25-20(19(23-21(25)27-14)17-5-2-3-11-22-17)18-6-4-12-24(18)15-7-9-16(26)10-8-15/h2-12,14,19-20,26H,13H2,1H3/t14-,19-,20-/m1/s1. The zero-order valence-electron chi connectivity index (χ0n) is 14.9. The molecule has 0 saturated carbocycles. The van der Waals surface area contributed by atoms with Gasteiger partial charge in [0.1, 0.15) is 11.8 Å². The molecule has 2 aliphatic heterocycles. The number of aliphatic imine (C=N–C) groups is 1. The minimum atomic E-state index is -0.0213. The van der Waals surface area contributed by atoms with Crippen LogP contribution in [0.3, 0.4) is 0 Å². The first-order chi connectivity index (χ1) is 13.2. The summed E-state index contributed by atoms with van der Waals surface area (Å²) in [5.74, 6) is 0.273. The number of phenols is 1. The lowest BCUT2D eigenvalue weighted by Gasteiger charge is -2.28. The summed E-state index contributed by atoms with van der Waals surface area (Å²) in [5, 5.41) is 11.3. The van der Waals surface area contributed by atoms with Crippen LogP contribution in [0.25, 0.3) is 5.69 Å². The highest BCUT2D eigenvalue weighted by molar-refractivity contribution is 8.14. The van der Waals surface area contributed by atoms with Crippen LogP contribution in [0.15, 0.2) is 72.0 Å². The number of hydrogen-bond donors (Lipinski definition) is 1. The summed E-state index contributed by atoms with van der Waals surface area (Å²) in [4.78, 5) is 12.1. The lowest BCUT2D eigenvalue weighted by molar-refractivity contribution is 0.312. The monoisotopic (exact) mass is 376 g/mol. The Morgan fingerprint density at radius 1 is 1.07 bits per heavy atom. The van der Waals surface area contributed by atoms with Gasteiger partial charge in [0.2, 0.25) is 0 Å². The third-order valence-electron chi connectivity index (χ3n) is 5.09. The van der Waals surface area contributed by atoms with E-state index < -0.39 is 0 Å². The molecule has 136 valence electrons. The van der Waals surface area contributed by atoms with Crippen molar-refractivity contribution in [3.05, 3.63) is 78.4 Å². The van der Waals surface area contributed by atoms with Crippen molar-refractivity contribution >= 4 is 16.9 Å². The van der Waals surface area contributed by atoms with Crippen molar-refractivity contribution in [1.29, 1.82) is 0 Å². The second-order valence-electron chi connectivity index (χ2n) is 6.96. The lowest BCUT2D eigenvalue weighted by atomic mass is 10.0. The van der Waals surface area contributed by atoms with Gasteiger partial charge in [0.05, 0.1) is 11.7 Å². The summed E-state index contributed by atoms with van der Waals surface area (Å²) < 4.78 is 2.19. The highest BCUT2D eigenvalue weighted by Crippen LogP contribution is 2.47. The maximum Gasteiger partial charge on any atom is 0.160 e. The molecule has 5 nitrogen and oxygen atoms in total. The number of rotatable bonds is 3. The predicted molar refractivity (Wildman–Crippen MR) is 108 cm³/mol. The quantitative estimate of drug-likeness (QED) is 0.745. The number of nitrogens with zero attached hydrogens (tertiary/aromatic N) is 4. The van der Waals surface area contributed by atoms with Crippen LogP contribution in [0, 0.1) is 0 Å². The van der Waals surface area contributed by atoms with Crippen molar-refractivity contribution in [2.75, 3.05) is 6.54 Å². The number of amidine groups is 1. The SMILES string of the molecule is C[C@@H]1CN2C(=N[C@H](c3ccccn3)[C@H]2c2cccn2-c2ccc(O)cc2)S1. The molecule has 5 rings (SSSR count). The molecule has 1 fully saturated rings. The summed E-state index contributed by atoms with van der Waals surface area (Å²) in [5.41, 5.74) is 3.21. The number of pyridine rings is 1. The second-order valence-corrected chi connectivity index (χ2v) is 8.36. The van der Waals surface area contributed by atoms with Gasteiger partial charge in [0.15, 0.2) is 5.17 Å². The summed E-state index contributed by atoms with van der Waals surface area (Å²) in [7, 11) is 0. The molecule has 2 aromatic heterocycles. The van der Waals surface area contributed by atoms with Crippen LogP contribution in [0.1, 0.15) is 30.4 Å². The van der Waals surface area contributed by atoms with E-state index in [9.17, 15) is 5.11 Å². The van der Waals surface area contributed by atoms with Gasteiger partial charge >= 0.3 is 0 Å². The molecule has 27 heavy (non-hydrogen) atoms. The zero-order valence-corrected chi connectivity index (χ0v) is 15.8. The number of thioether (sulfide) groups is 1. The first-order valence-corrected chi connectivity index (χ1v) is 9.97. The van der Waals surface area contributed by atoms with Gasteiger partial charge in [0, 0.05) is 35.6 Å². The van der Waals surface area contributed by atoms with E-state index in [1.54, 1.807) is 12.1 Å². The van der Waals surface area contributed by atoms with Gasteiger partial charge in [-0.05, 0) is 48.5 Å². The Morgan fingerprint density at radius 3 is 2.70 bits per heavy atom. The fourth-order valence-electron chi connectivity index (χ4n) is 3.92. The van der Waals surface area contributed by atoms with Crippen LogP contribution < -0.4 is 0 Å². The van der Waals surface area contributed by atoms with Gasteiger partial charge in [-0.15, -0.1) is 0 Å². The Bertz CT molecular complexity index is 983. The molecule has 0 radical (unpaired) electrons. The molecule has 4 heterocycles. The van der Waals surface area contributed by atoms with Crippen LogP contribution in [-0.2, 0) is 0 Å². The molecule has 1 saturated heterocycles. The van der Waals surface area contributed by atoms with E-state index in [-0.39, 0.29) is 17.8 Å². The van der Waals surface area contributed by atoms with Crippen LogP contribution >= 0.6 is 11.8 Å². The molecule has 0 aliphatic carbocycles. The van der Waals surface area contributed by atoms with Crippen molar-refractivity contribution < 1.29 is 5.11 Å². The van der Waals surface area contributed by atoms with Gasteiger partial charge in [-0.1, -0.05) is 24.8 Å². The Hall–Kier alpha value is -2.73. The maximum atomic E-state index is 9.63. The number of aromatic hydroxyl groups is 1. The van der Waals surface area contributed by atoms with Crippen molar-refractivity contribution in [3.8, 4) is 11.4 Å². The molecule has 0 amide bonds. The van der Waals surface area contributed by atoms with Crippen LogP contribution in [-0.4, -0.2) is 36.5 Å².